The number of carbonyl (C=O) groups excluding carboxylic acids is 1. The maximum absolute atomic E-state index is 14.3. The van der Waals surface area contributed by atoms with Gasteiger partial charge < -0.3 is 54.7 Å². The highest BCUT2D eigenvalue weighted by Crippen LogP contribution is 2.66. The summed E-state index contributed by atoms with van der Waals surface area (Å²) in [6, 6.07) is 12.2. The van der Waals surface area contributed by atoms with Crippen LogP contribution in [0, 0.1) is 5.92 Å². The SMILES string of the molecule is CC(C)(NC(=O)C1=C(O)[C@@H]2Oc3c(O[C@@H]4O[C@H](C(=O)O)[C@@H](O)[C@H](O)[C@H]4O)ccc4c3[C@@]23CCN(CC2CC2)[C@H](C4)[C@]3(O)C1)c1nc(-c2ccccc2)no1. The van der Waals surface area contributed by atoms with E-state index in [1.54, 1.807) is 19.9 Å². The van der Waals surface area contributed by atoms with E-state index in [0.717, 1.165) is 30.5 Å². The molecule has 2 saturated heterocycles. The van der Waals surface area contributed by atoms with Crippen LogP contribution in [0.25, 0.3) is 11.4 Å². The van der Waals surface area contributed by atoms with Crippen LogP contribution >= 0.6 is 0 Å². The molecular weight excluding hydrogens is 704 g/mol. The summed E-state index contributed by atoms with van der Waals surface area (Å²) in [5, 5.41) is 73.3. The van der Waals surface area contributed by atoms with Gasteiger partial charge in [-0.3, -0.25) is 9.69 Å². The highest BCUT2D eigenvalue weighted by molar-refractivity contribution is 5.95. The number of aliphatic hydroxyl groups is 5. The lowest BCUT2D eigenvalue weighted by atomic mass is 9.49. The van der Waals surface area contributed by atoms with Gasteiger partial charge in [-0.05, 0) is 63.6 Å². The standard InChI is InChI=1S/C38H42N4O12/c1-36(2,35-39-31(41-54-35)18-6-4-3-5-7-18)40-32(47)20-15-38(50)22-14-19-10-11-21(51-34-27(46)25(44)26(45)29(53-34)33(48)49)28-23(19)37(38,30(52-28)24(20)43)12-13-42(22)16-17-8-9-17/h3-7,10-11,17,22,25-27,29-30,34,43-46,50H,8-9,12-16H2,1-2H3,(H,40,47)(H,48,49)/t22-,25+,26+,27-,29+,30+,34-,37+,38-/m1/s1. The summed E-state index contributed by atoms with van der Waals surface area (Å²) in [6.45, 7) is 4.78. The fourth-order valence-corrected chi connectivity index (χ4v) is 9.32. The number of piperidine rings is 1. The second-order valence-corrected chi connectivity index (χ2v) is 16.0. The van der Waals surface area contributed by atoms with Crippen molar-refractivity contribution in [3.63, 3.8) is 0 Å². The van der Waals surface area contributed by atoms with Gasteiger partial charge in [0.15, 0.2) is 23.7 Å². The van der Waals surface area contributed by atoms with E-state index in [9.17, 15) is 40.2 Å². The zero-order valence-electron chi connectivity index (χ0n) is 29.6. The first kappa shape index (κ1) is 35.1. The molecule has 4 heterocycles. The molecule has 54 heavy (non-hydrogen) atoms. The van der Waals surface area contributed by atoms with Gasteiger partial charge in [0.1, 0.15) is 29.6 Å². The predicted octanol–water partition coefficient (Wildman–Crippen LogP) is 1.05. The third kappa shape index (κ3) is 5.11. The Morgan fingerprint density at radius 1 is 1.07 bits per heavy atom. The number of nitrogens with zero attached hydrogens (tertiary/aromatic N) is 3. The summed E-state index contributed by atoms with van der Waals surface area (Å²) in [4.78, 5) is 32.9. The fraction of sp³-hybridized carbons (Fsp3) is 0.526. The Bertz CT molecular complexity index is 2050. The van der Waals surface area contributed by atoms with E-state index >= 15 is 0 Å². The Balaban J connectivity index is 1.08. The third-order valence-corrected chi connectivity index (χ3v) is 12.3. The molecule has 7 N–H and O–H groups in total. The Labute approximate surface area is 309 Å². The summed E-state index contributed by atoms with van der Waals surface area (Å²) in [7, 11) is 0. The zero-order chi connectivity index (χ0) is 37.9. The molecule has 3 aliphatic carbocycles. The minimum atomic E-state index is -1.91. The van der Waals surface area contributed by atoms with E-state index in [2.05, 4.69) is 20.4 Å². The molecule has 2 bridgehead atoms. The second kappa shape index (κ2) is 12.2. The van der Waals surface area contributed by atoms with Crippen molar-refractivity contribution in [3.05, 3.63) is 70.8 Å². The van der Waals surface area contributed by atoms with Gasteiger partial charge in [0.25, 0.3) is 11.8 Å². The lowest BCUT2D eigenvalue weighted by Crippen LogP contribution is -2.76. The molecule has 3 aliphatic heterocycles. The smallest absolute Gasteiger partial charge is 0.335 e. The van der Waals surface area contributed by atoms with Gasteiger partial charge in [-0.1, -0.05) is 41.6 Å². The van der Waals surface area contributed by atoms with Crippen LogP contribution in [0.15, 0.2) is 58.3 Å². The van der Waals surface area contributed by atoms with E-state index in [1.807, 2.05) is 36.4 Å². The molecule has 9 atom stereocenters. The Morgan fingerprint density at radius 3 is 2.56 bits per heavy atom. The summed E-state index contributed by atoms with van der Waals surface area (Å²) < 4.78 is 23.6. The summed E-state index contributed by atoms with van der Waals surface area (Å²) in [5.74, 6) is -1.43. The number of hydrogen-bond donors (Lipinski definition) is 7. The van der Waals surface area contributed by atoms with Gasteiger partial charge in [-0.15, -0.1) is 0 Å². The molecule has 16 heteroatoms. The predicted molar refractivity (Wildman–Crippen MR) is 184 cm³/mol. The molecule has 6 aliphatic rings. The molecule has 0 radical (unpaired) electrons. The molecule has 0 unspecified atom stereocenters. The van der Waals surface area contributed by atoms with Crippen LogP contribution in [0.2, 0.25) is 0 Å². The van der Waals surface area contributed by atoms with E-state index < -0.39 is 71.3 Å². The van der Waals surface area contributed by atoms with Crippen molar-refractivity contribution in [1.82, 2.24) is 20.4 Å². The molecule has 3 fully saturated rings. The number of carbonyl (C=O) groups is 2. The summed E-state index contributed by atoms with van der Waals surface area (Å²) >= 11 is 0. The van der Waals surface area contributed by atoms with Crippen molar-refractivity contribution in [2.45, 2.75) is 105 Å². The van der Waals surface area contributed by atoms with E-state index in [4.69, 9.17) is 18.7 Å². The van der Waals surface area contributed by atoms with Crippen molar-refractivity contribution < 1.29 is 59.0 Å². The highest BCUT2D eigenvalue weighted by Gasteiger charge is 2.73. The largest absolute Gasteiger partial charge is 0.508 e. The number of benzene rings is 2. The number of ether oxygens (including phenoxy) is 3. The van der Waals surface area contributed by atoms with Gasteiger partial charge in [0.2, 0.25) is 12.1 Å². The van der Waals surface area contributed by atoms with E-state index in [-0.39, 0.29) is 35.1 Å². The second-order valence-electron chi connectivity index (χ2n) is 16.0. The molecule has 1 saturated carbocycles. The van der Waals surface area contributed by atoms with Gasteiger partial charge in [-0.25, -0.2) is 4.79 Å². The molecule has 2 aromatic carbocycles. The minimum absolute atomic E-state index is 0.000984. The molecule has 3 aromatic rings. The normalized spacial score (nSPS) is 34.2. The number of carboxylic acid groups (broad SMARTS) is 1. The lowest BCUT2D eigenvalue weighted by molar-refractivity contribution is -0.271. The Kier molecular flexibility index (Phi) is 7.95. The number of nitrogens with one attached hydrogen (secondary N) is 1. The highest BCUT2D eigenvalue weighted by atomic mass is 16.7. The van der Waals surface area contributed by atoms with Crippen LogP contribution in [-0.4, -0.2) is 119 Å². The minimum Gasteiger partial charge on any atom is -0.508 e. The van der Waals surface area contributed by atoms with Crippen molar-refractivity contribution in [1.29, 1.82) is 0 Å². The van der Waals surface area contributed by atoms with E-state index in [1.165, 1.54) is 0 Å². The van der Waals surface area contributed by atoms with Gasteiger partial charge in [-0.2, -0.15) is 4.98 Å². The van der Waals surface area contributed by atoms with Crippen molar-refractivity contribution in [3.8, 4) is 22.9 Å². The van der Waals surface area contributed by atoms with Crippen LogP contribution in [-0.2, 0) is 31.7 Å². The molecule has 9 rings (SSSR count). The van der Waals surface area contributed by atoms with Crippen LogP contribution in [0.3, 0.4) is 0 Å². The van der Waals surface area contributed by atoms with Crippen molar-refractivity contribution >= 4 is 11.9 Å². The number of likely N-dealkylation sites (tertiary alicyclic amines) is 1. The number of amides is 1. The zero-order valence-corrected chi connectivity index (χ0v) is 29.6. The van der Waals surface area contributed by atoms with Crippen molar-refractivity contribution in [2.24, 2.45) is 5.92 Å². The first-order chi connectivity index (χ1) is 25.7. The van der Waals surface area contributed by atoms with Crippen molar-refractivity contribution in [2.75, 3.05) is 13.1 Å². The molecule has 1 aromatic heterocycles. The van der Waals surface area contributed by atoms with Crippen LogP contribution in [0.5, 0.6) is 11.5 Å². The van der Waals surface area contributed by atoms with Crippen LogP contribution in [0.4, 0.5) is 0 Å². The average Bonchev–Trinajstić information content (AvgIpc) is 3.66. The van der Waals surface area contributed by atoms with Gasteiger partial charge in [0, 0.05) is 30.1 Å². The molecule has 1 amide bonds. The monoisotopic (exact) mass is 746 g/mol. The molecular formula is C38H42N4O12. The topological polar surface area (TPSA) is 237 Å². The van der Waals surface area contributed by atoms with Crippen LogP contribution in [0.1, 0.15) is 56.5 Å². The number of aliphatic carboxylic acids is 1. The number of aliphatic hydroxyl groups excluding tert-OH is 4. The number of hydrogen-bond acceptors (Lipinski definition) is 14. The third-order valence-electron chi connectivity index (χ3n) is 12.3. The first-order valence-electron chi connectivity index (χ1n) is 18.3. The quantitative estimate of drug-likeness (QED) is 0.162. The first-order valence-corrected chi connectivity index (χ1v) is 18.3. The number of aromatic nitrogens is 2. The maximum Gasteiger partial charge on any atom is 0.335 e. The van der Waals surface area contributed by atoms with Gasteiger partial charge >= 0.3 is 5.97 Å². The van der Waals surface area contributed by atoms with Crippen LogP contribution < -0.4 is 14.8 Å². The molecule has 286 valence electrons. The number of carboxylic acids is 1. The summed E-state index contributed by atoms with van der Waals surface area (Å²) in [6.07, 6.45) is -7.66. The molecule has 16 nitrogen and oxygen atoms in total. The average molecular weight is 747 g/mol. The Hall–Kier alpha value is -4.58. The summed E-state index contributed by atoms with van der Waals surface area (Å²) in [5.41, 5.74) is -1.86. The fourth-order valence-electron chi connectivity index (χ4n) is 9.32. The Morgan fingerprint density at radius 2 is 1.83 bits per heavy atom. The lowest BCUT2D eigenvalue weighted by Gasteiger charge is -2.62. The number of rotatable bonds is 9. The maximum atomic E-state index is 14.3. The van der Waals surface area contributed by atoms with E-state index in [0.29, 0.717) is 36.7 Å². The van der Waals surface area contributed by atoms with Gasteiger partial charge in [0.05, 0.1) is 16.6 Å². The molecule has 1 spiro atoms.